The maximum Gasteiger partial charge on any atom is 0.242 e. The zero-order valence-electron chi connectivity index (χ0n) is 13.9. The molecule has 0 aromatic carbocycles. The second kappa shape index (κ2) is 6.03. The second-order valence-electron chi connectivity index (χ2n) is 7.22. The quantitative estimate of drug-likeness (QED) is 0.885. The molecule has 0 amide bonds. The third-order valence-corrected chi connectivity index (χ3v) is 5.59. The number of hydrogen-bond donors (Lipinski definition) is 1. The predicted octanol–water partition coefficient (Wildman–Crippen LogP) is 1.77. The fourth-order valence-electron chi connectivity index (χ4n) is 2.98. The summed E-state index contributed by atoms with van der Waals surface area (Å²) in [7, 11) is -3.45. The average Bonchev–Trinajstić information content (AvgIpc) is 3.27. The Morgan fingerprint density at radius 3 is 2.70 bits per heavy atom. The normalized spacial score (nSPS) is 24.7. The number of nitrogens with one attached hydrogen (secondary N) is 1. The van der Waals surface area contributed by atoms with Crippen molar-refractivity contribution in [2.45, 2.75) is 50.2 Å². The summed E-state index contributed by atoms with van der Waals surface area (Å²) in [6.07, 6.45) is 3.79. The van der Waals surface area contributed by atoms with E-state index in [4.69, 9.17) is 4.74 Å². The van der Waals surface area contributed by atoms with Gasteiger partial charge in [0.15, 0.2) is 0 Å². The van der Waals surface area contributed by atoms with Gasteiger partial charge in [-0.25, -0.2) is 18.1 Å². The van der Waals surface area contributed by atoms with Gasteiger partial charge in [0.1, 0.15) is 10.7 Å². The molecule has 2 aliphatic rings. The summed E-state index contributed by atoms with van der Waals surface area (Å²) in [6, 6.07) is 3.41. The maximum atomic E-state index is 12.2. The molecular weight excluding hydrogens is 314 g/mol. The van der Waals surface area contributed by atoms with Gasteiger partial charge in [-0.1, -0.05) is 0 Å². The highest BCUT2D eigenvalue weighted by Crippen LogP contribution is 2.28. The summed E-state index contributed by atoms with van der Waals surface area (Å²) in [6.45, 7) is 8.15. The van der Waals surface area contributed by atoms with Crippen LogP contribution in [0, 0.1) is 5.92 Å². The van der Waals surface area contributed by atoms with Crippen LogP contribution in [0.1, 0.15) is 33.6 Å². The van der Waals surface area contributed by atoms with Gasteiger partial charge >= 0.3 is 0 Å². The third kappa shape index (κ3) is 4.22. The van der Waals surface area contributed by atoms with Gasteiger partial charge in [0, 0.05) is 25.8 Å². The van der Waals surface area contributed by atoms with E-state index >= 15 is 0 Å². The SMILES string of the molecule is CC1CN(c2ccc(S(=O)(=O)NCC3CC3)cn2)CC(C)(C)O1. The Kier molecular flexibility index (Phi) is 4.37. The van der Waals surface area contributed by atoms with Gasteiger partial charge in [0.25, 0.3) is 0 Å². The summed E-state index contributed by atoms with van der Waals surface area (Å²) in [5, 5.41) is 0. The number of anilines is 1. The molecule has 0 bridgehead atoms. The molecule has 1 unspecified atom stereocenters. The molecule has 1 N–H and O–H groups in total. The average molecular weight is 339 g/mol. The van der Waals surface area contributed by atoms with Gasteiger partial charge in [0.2, 0.25) is 10.0 Å². The molecule has 3 rings (SSSR count). The van der Waals surface area contributed by atoms with Crippen molar-refractivity contribution in [3.05, 3.63) is 18.3 Å². The van der Waals surface area contributed by atoms with Crippen LogP contribution in [0.4, 0.5) is 5.82 Å². The van der Waals surface area contributed by atoms with Crippen LogP contribution in [0.25, 0.3) is 0 Å². The number of rotatable bonds is 5. The summed E-state index contributed by atoms with van der Waals surface area (Å²) >= 11 is 0. The van der Waals surface area contributed by atoms with Crippen molar-refractivity contribution >= 4 is 15.8 Å². The molecule has 2 fully saturated rings. The minimum absolute atomic E-state index is 0.115. The van der Waals surface area contributed by atoms with Crippen molar-refractivity contribution < 1.29 is 13.2 Å². The largest absolute Gasteiger partial charge is 0.369 e. The lowest BCUT2D eigenvalue weighted by Gasteiger charge is -2.42. The minimum atomic E-state index is -3.45. The molecule has 1 saturated heterocycles. The van der Waals surface area contributed by atoms with Crippen LogP contribution in [0.5, 0.6) is 0 Å². The third-order valence-electron chi connectivity index (χ3n) is 4.18. The Morgan fingerprint density at radius 2 is 2.13 bits per heavy atom. The summed E-state index contributed by atoms with van der Waals surface area (Å²) < 4.78 is 33.0. The van der Waals surface area contributed by atoms with Gasteiger partial charge in [0.05, 0.1) is 11.7 Å². The van der Waals surface area contributed by atoms with E-state index in [0.717, 1.165) is 31.7 Å². The first-order valence-corrected chi connectivity index (χ1v) is 9.62. The second-order valence-corrected chi connectivity index (χ2v) is 8.98. The molecule has 128 valence electrons. The molecule has 1 aliphatic heterocycles. The van der Waals surface area contributed by atoms with E-state index < -0.39 is 10.0 Å². The van der Waals surface area contributed by atoms with E-state index in [1.165, 1.54) is 6.20 Å². The minimum Gasteiger partial charge on any atom is -0.369 e. The van der Waals surface area contributed by atoms with E-state index in [2.05, 4.69) is 28.5 Å². The van der Waals surface area contributed by atoms with E-state index in [-0.39, 0.29) is 16.6 Å². The van der Waals surface area contributed by atoms with Crippen LogP contribution >= 0.6 is 0 Å². The summed E-state index contributed by atoms with van der Waals surface area (Å²) in [5.41, 5.74) is -0.240. The van der Waals surface area contributed by atoms with Crippen LogP contribution in [0.15, 0.2) is 23.2 Å². The number of sulfonamides is 1. The molecule has 23 heavy (non-hydrogen) atoms. The first-order valence-electron chi connectivity index (χ1n) is 8.14. The van der Waals surface area contributed by atoms with Gasteiger partial charge in [-0.3, -0.25) is 0 Å². The molecule has 1 atom stereocenters. The summed E-state index contributed by atoms with van der Waals surface area (Å²) in [4.78, 5) is 6.73. The topological polar surface area (TPSA) is 71.5 Å². The monoisotopic (exact) mass is 339 g/mol. The van der Waals surface area contributed by atoms with Crippen molar-refractivity contribution in [1.82, 2.24) is 9.71 Å². The fourth-order valence-corrected chi connectivity index (χ4v) is 4.04. The number of pyridine rings is 1. The Balaban J connectivity index is 1.71. The molecule has 1 aromatic heterocycles. The lowest BCUT2D eigenvalue weighted by molar-refractivity contribution is -0.0751. The molecule has 1 aliphatic carbocycles. The van der Waals surface area contributed by atoms with Crippen molar-refractivity contribution in [2.24, 2.45) is 5.92 Å². The van der Waals surface area contributed by atoms with Crippen molar-refractivity contribution in [2.75, 3.05) is 24.5 Å². The number of hydrogen-bond acceptors (Lipinski definition) is 5. The Bertz CT molecular complexity index is 654. The Labute approximate surface area is 138 Å². The standard InChI is InChI=1S/C16H25N3O3S/c1-12-10-19(11-16(2,3)22-12)15-7-6-14(9-17-15)23(20,21)18-8-13-4-5-13/h6-7,9,12-13,18H,4-5,8,10-11H2,1-3H3. The van der Waals surface area contributed by atoms with Crippen LogP contribution in [0.3, 0.4) is 0 Å². The smallest absolute Gasteiger partial charge is 0.242 e. The Hall–Kier alpha value is -1.18. The highest BCUT2D eigenvalue weighted by atomic mass is 32.2. The zero-order valence-corrected chi connectivity index (χ0v) is 14.8. The van der Waals surface area contributed by atoms with Gasteiger partial charge < -0.3 is 9.64 Å². The number of aromatic nitrogens is 1. The first kappa shape index (κ1) is 16.7. The Morgan fingerprint density at radius 1 is 1.39 bits per heavy atom. The van der Waals surface area contributed by atoms with Crippen LogP contribution < -0.4 is 9.62 Å². The molecular formula is C16H25N3O3S. The van der Waals surface area contributed by atoms with Gasteiger partial charge in [-0.15, -0.1) is 0 Å². The van der Waals surface area contributed by atoms with Crippen LogP contribution in [0.2, 0.25) is 0 Å². The highest BCUT2D eigenvalue weighted by Gasteiger charge is 2.32. The van der Waals surface area contributed by atoms with Crippen molar-refractivity contribution in [3.63, 3.8) is 0 Å². The van der Waals surface area contributed by atoms with Crippen molar-refractivity contribution in [3.8, 4) is 0 Å². The molecule has 0 radical (unpaired) electrons. The lowest BCUT2D eigenvalue weighted by atomic mass is 10.1. The summed E-state index contributed by atoms with van der Waals surface area (Å²) in [5.74, 6) is 1.29. The lowest BCUT2D eigenvalue weighted by Crippen LogP contribution is -2.52. The van der Waals surface area contributed by atoms with Gasteiger partial charge in [-0.05, 0) is 51.7 Å². The molecule has 1 saturated carbocycles. The number of morpholine rings is 1. The van der Waals surface area contributed by atoms with Crippen LogP contribution in [-0.2, 0) is 14.8 Å². The molecule has 6 nitrogen and oxygen atoms in total. The van der Waals surface area contributed by atoms with E-state index in [9.17, 15) is 8.42 Å². The molecule has 2 heterocycles. The van der Waals surface area contributed by atoms with Crippen molar-refractivity contribution in [1.29, 1.82) is 0 Å². The van der Waals surface area contributed by atoms with Crippen LogP contribution in [-0.4, -0.2) is 44.7 Å². The van der Waals surface area contributed by atoms with E-state index in [1.807, 2.05) is 6.92 Å². The van der Waals surface area contributed by atoms with E-state index in [1.54, 1.807) is 12.1 Å². The number of nitrogens with zero attached hydrogens (tertiary/aromatic N) is 2. The molecule has 0 spiro atoms. The first-order chi connectivity index (χ1) is 10.8. The molecule has 7 heteroatoms. The van der Waals surface area contributed by atoms with Gasteiger partial charge in [-0.2, -0.15) is 0 Å². The molecule has 1 aromatic rings. The van der Waals surface area contributed by atoms with E-state index in [0.29, 0.717) is 12.5 Å². The highest BCUT2D eigenvalue weighted by molar-refractivity contribution is 7.89. The maximum absolute atomic E-state index is 12.2. The fraction of sp³-hybridized carbons (Fsp3) is 0.688. The predicted molar refractivity (Wildman–Crippen MR) is 89.0 cm³/mol. The zero-order chi connectivity index (χ0) is 16.7. The number of ether oxygens (including phenoxy) is 1.